The molecule has 0 atom stereocenters. The van der Waals surface area contributed by atoms with Gasteiger partial charge in [0.05, 0.1) is 11.1 Å². The molecule has 8 nitrogen and oxygen atoms in total. The van der Waals surface area contributed by atoms with Gasteiger partial charge >= 0.3 is 0 Å². The van der Waals surface area contributed by atoms with Gasteiger partial charge in [0, 0.05) is 45.5 Å². The molecular weight excluding hydrogens is 461 g/mol. The Morgan fingerprint density at radius 3 is 2.61 bits per heavy atom. The number of likely N-dealkylation sites (tertiary alicyclic amines) is 1. The van der Waals surface area contributed by atoms with Crippen molar-refractivity contribution in [2.45, 2.75) is 12.8 Å². The van der Waals surface area contributed by atoms with Crippen LogP contribution in [-0.4, -0.2) is 84.6 Å². The maximum absolute atomic E-state index is 15.5. The van der Waals surface area contributed by atoms with E-state index in [0.29, 0.717) is 36.6 Å². The van der Waals surface area contributed by atoms with Gasteiger partial charge < -0.3 is 29.3 Å². The molecule has 9 heteroatoms. The summed E-state index contributed by atoms with van der Waals surface area (Å²) in [7, 11) is 2.01. The van der Waals surface area contributed by atoms with Gasteiger partial charge in [0.2, 0.25) is 5.43 Å². The van der Waals surface area contributed by atoms with Crippen LogP contribution in [0.25, 0.3) is 16.6 Å². The Bertz CT molecular complexity index is 1390. The molecule has 0 saturated carbocycles. The van der Waals surface area contributed by atoms with Crippen molar-refractivity contribution in [3.63, 3.8) is 0 Å². The smallest absolute Gasteiger partial charge is 0.259 e. The topological polar surface area (TPSA) is 70.0 Å². The zero-order valence-electron chi connectivity index (χ0n) is 20.4. The minimum Gasteiger partial charge on any atom is -0.451 e. The second-order valence-corrected chi connectivity index (χ2v) is 9.84. The number of anilines is 1. The van der Waals surface area contributed by atoms with Crippen molar-refractivity contribution in [2.24, 2.45) is 0 Å². The molecule has 0 unspecified atom stereocenters. The van der Waals surface area contributed by atoms with E-state index in [2.05, 4.69) is 15.1 Å². The van der Waals surface area contributed by atoms with E-state index in [1.807, 2.05) is 31.3 Å². The fourth-order valence-corrected chi connectivity index (χ4v) is 5.41. The summed E-state index contributed by atoms with van der Waals surface area (Å²) in [5.41, 5.74) is 0.985. The first-order valence-corrected chi connectivity index (χ1v) is 12.6. The van der Waals surface area contributed by atoms with Crippen LogP contribution < -0.4 is 15.5 Å². The Balaban J connectivity index is 1.45. The van der Waals surface area contributed by atoms with Crippen LogP contribution in [0.4, 0.5) is 10.1 Å². The summed E-state index contributed by atoms with van der Waals surface area (Å²) >= 11 is 0. The molecule has 4 heterocycles. The van der Waals surface area contributed by atoms with Crippen LogP contribution in [0.3, 0.4) is 0 Å². The van der Waals surface area contributed by atoms with Crippen LogP contribution in [0.5, 0.6) is 11.5 Å². The van der Waals surface area contributed by atoms with Gasteiger partial charge in [-0.1, -0.05) is 12.1 Å². The number of para-hydroxylation sites is 2. The number of amides is 1. The van der Waals surface area contributed by atoms with Crippen LogP contribution in [0.1, 0.15) is 23.2 Å². The van der Waals surface area contributed by atoms with Crippen molar-refractivity contribution in [3.8, 4) is 17.2 Å². The summed E-state index contributed by atoms with van der Waals surface area (Å²) in [6, 6.07) is 8.64. The van der Waals surface area contributed by atoms with E-state index in [9.17, 15) is 9.59 Å². The van der Waals surface area contributed by atoms with E-state index >= 15 is 4.39 Å². The highest BCUT2D eigenvalue weighted by molar-refractivity contribution is 6.01. The summed E-state index contributed by atoms with van der Waals surface area (Å²) < 4.78 is 23.5. The van der Waals surface area contributed by atoms with Gasteiger partial charge in [0.15, 0.2) is 17.3 Å². The van der Waals surface area contributed by atoms with Gasteiger partial charge in [-0.25, -0.2) is 4.39 Å². The van der Waals surface area contributed by atoms with Crippen LogP contribution in [-0.2, 0) is 0 Å². The number of nitrogens with one attached hydrogen (secondary N) is 1. The Morgan fingerprint density at radius 1 is 1.08 bits per heavy atom. The third-order valence-electron chi connectivity index (χ3n) is 7.48. The van der Waals surface area contributed by atoms with E-state index in [1.54, 1.807) is 15.7 Å². The Hall–Kier alpha value is -3.43. The number of hydrogen-bond acceptors (Lipinski definition) is 6. The first-order valence-electron chi connectivity index (χ1n) is 12.6. The van der Waals surface area contributed by atoms with Gasteiger partial charge in [-0.05, 0) is 51.2 Å². The summed E-state index contributed by atoms with van der Waals surface area (Å²) in [4.78, 5) is 33.2. The fourth-order valence-electron chi connectivity index (χ4n) is 5.41. The normalized spacial score (nSPS) is 17.8. The molecule has 2 saturated heterocycles. The van der Waals surface area contributed by atoms with Gasteiger partial charge in [0.25, 0.3) is 5.91 Å². The number of aromatic nitrogens is 1. The Morgan fingerprint density at radius 2 is 1.83 bits per heavy atom. The zero-order valence-corrected chi connectivity index (χ0v) is 20.4. The second-order valence-electron chi connectivity index (χ2n) is 9.84. The largest absolute Gasteiger partial charge is 0.451 e. The number of carbonyl (C=O) groups is 1. The maximum Gasteiger partial charge on any atom is 0.259 e. The minimum absolute atomic E-state index is 0.0452. The highest BCUT2D eigenvalue weighted by Crippen LogP contribution is 2.45. The Labute approximate surface area is 208 Å². The lowest BCUT2D eigenvalue weighted by Crippen LogP contribution is -2.48. The number of nitrogens with zero attached hydrogens (tertiary/aromatic N) is 4. The van der Waals surface area contributed by atoms with Crippen molar-refractivity contribution in [3.05, 3.63) is 58.1 Å². The number of carbonyl (C=O) groups excluding carboxylic acids is 1. The fraction of sp³-hybridized carbons (Fsp3) is 0.407. The highest BCUT2D eigenvalue weighted by atomic mass is 19.1. The van der Waals surface area contributed by atoms with Gasteiger partial charge in [-0.3, -0.25) is 9.59 Å². The first kappa shape index (κ1) is 23.0. The van der Waals surface area contributed by atoms with E-state index in [0.717, 1.165) is 32.7 Å². The van der Waals surface area contributed by atoms with Crippen LogP contribution >= 0.6 is 0 Å². The molecule has 2 aromatic carbocycles. The van der Waals surface area contributed by atoms with Gasteiger partial charge in [-0.15, -0.1) is 0 Å². The monoisotopic (exact) mass is 491 g/mol. The van der Waals surface area contributed by atoms with E-state index < -0.39 is 11.2 Å². The number of likely N-dealkylation sites (N-methyl/N-ethyl adjacent to an activating group) is 1. The molecule has 36 heavy (non-hydrogen) atoms. The molecular formula is C27H30FN5O3. The SMILES string of the molecule is CN1CCN(C(=O)c2cn3c4c(c(NCCN5CCCC5)c(F)cc4c2=O)Oc2ccccc2-3)CC1. The predicted molar refractivity (Wildman–Crippen MR) is 137 cm³/mol. The second kappa shape index (κ2) is 9.22. The van der Waals surface area contributed by atoms with Crippen LogP contribution in [0.2, 0.25) is 0 Å². The number of rotatable bonds is 5. The minimum atomic E-state index is -0.564. The van der Waals surface area contributed by atoms with Crippen molar-refractivity contribution < 1.29 is 13.9 Å². The van der Waals surface area contributed by atoms with Crippen LogP contribution in [0.15, 0.2) is 41.3 Å². The number of piperazine rings is 1. The number of halogens is 1. The molecule has 0 radical (unpaired) electrons. The molecule has 3 aliphatic rings. The number of fused-ring (bicyclic) bond motifs is 2. The molecule has 0 spiro atoms. The molecule has 188 valence electrons. The molecule has 0 aliphatic carbocycles. The summed E-state index contributed by atoms with van der Waals surface area (Å²) in [6.45, 7) is 6.07. The zero-order chi connectivity index (χ0) is 24.8. The molecule has 1 aromatic heterocycles. The number of hydrogen-bond donors (Lipinski definition) is 1. The lowest BCUT2D eigenvalue weighted by molar-refractivity contribution is 0.0662. The van der Waals surface area contributed by atoms with Crippen molar-refractivity contribution in [2.75, 3.05) is 64.7 Å². The molecule has 1 N–H and O–H groups in total. The summed E-state index contributed by atoms with van der Waals surface area (Å²) in [5.74, 6) is -0.0643. The molecule has 3 aliphatic heterocycles. The molecule has 0 bridgehead atoms. The molecule has 6 rings (SSSR count). The lowest BCUT2D eigenvalue weighted by atomic mass is 10.1. The van der Waals surface area contributed by atoms with Crippen LogP contribution in [0, 0.1) is 5.82 Å². The van der Waals surface area contributed by atoms with E-state index in [4.69, 9.17) is 4.74 Å². The number of benzene rings is 2. The first-order chi connectivity index (χ1) is 17.5. The average molecular weight is 492 g/mol. The third-order valence-corrected chi connectivity index (χ3v) is 7.48. The average Bonchev–Trinajstić information content (AvgIpc) is 3.41. The van der Waals surface area contributed by atoms with E-state index in [1.165, 1.54) is 18.9 Å². The van der Waals surface area contributed by atoms with Crippen molar-refractivity contribution >= 4 is 22.5 Å². The molecule has 3 aromatic rings. The highest BCUT2D eigenvalue weighted by Gasteiger charge is 2.30. The Kier molecular flexibility index (Phi) is 5.89. The molecule has 2 fully saturated rings. The van der Waals surface area contributed by atoms with E-state index in [-0.39, 0.29) is 28.3 Å². The van der Waals surface area contributed by atoms with Gasteiger partial charge in [-0.2, -0.15) is 0 Å². The summed E-state index contributed by atoms with van der Waals surface area (Å²) in [5, 5.41) is 3.36. The standard InChI is InChI=1S/C27H30FN5O3/c1-30-12-14-32(15-13-30)27(35)19-17-33-21-6-2-3-7-22(21)36-26-23(29-8-11-31-9-4-5-10-31)20(28)16-18(24(26)33)25(19)34/h2-3,6-7,16-17,29H,4-5,8-15H2,1H3. The summed E-state index contributed by atoms with van der Waals surface area (Å²) in [6.07, 6.45) is 3.98. The third kappa shape index (κ3) is 3.92. The predicted octanol–water partition coefficient (Wildman–Crippen LogP) is 3.13. The molecule has 1 amide bonds. The van der Waals surface area contributed by atoms with Crippen molar-refractivity contribution in [1.29, 1.82) is 0 Å². The lowest BCUT2D eigenvalue weighted by Gasteiger charge is -2.32. The number of pyridine rings is 1. The van der Waals surface area contributed by atoms with Crippen molar-refractivity contribution in [1.82, 2.24) is 19.3 Å². The number of ether oxygens (including phenoxy) is 1. The quantitative estimate of drug-likeness (QED) is 0.463. The van der Waals surface area contributed by atoms with Gasteiger partial charge in [0.1, 0.15) is 16.8 Å². The maximum atomic E-state index is 15.5.